The number of rotatable bonds is 4. The van der Waals surface area contributed by atoms with Crippen LogP contribution in [0.2, 0.25) is 0 Å². The minimum absolute atomic E-state index is 0.0134. The molecular weight excluding hydrogens is 363 g/mol. The molecule has 3 aromatic rings. The fourth-order valence-electron chi connectivity index (χ4n) is 2.94. The van der Waals surface area contributed by atoms with E-state index in [2.05, 4.69) is 5.32 Å². The molecule has 142 valence electrons. The number of carbonyl (C=O) groups is 1. The van der Waals surface area contributed by atoms with Crippen LogP contribution in [0.5, 0.6) is 11.5 Å². The van der Waals surface area contributed by atoms with Gasteiger partial charge in [-0.05, 0) is 42.0 Å². The van der Waals surface area contributed by atoms with Crippen molar-refractivity contribution in [2.24, 2.45) is 0 Å². The number of anilines is 1. The smallest absolute Gasteiger partial charge is 0.263 e. The third-order valence-electron chi connectivity index (χ3n) is 4.33. The molecule has 1 aliphatic rings. The number of pyridine rings is 1. The minimum atomic E-state index is -0.518. The molecule has 0 fully saturated rings. The lowest BCUT2D eigenvalue weighted by Crippen LogP contribution is -2.29. The summed E-state index contributed by atoms with van der Waals surface area (Å²) in [7, 11) is 0. The molecule has 0 aliphatic carbocycles. The van der Waals surface area contributed by atoms with Gasteiger partial charge in [0.1, 0.15) is 24.6 Å². The molecule has 1 N–H and O–H groups in total. The molecule has 0 saturated heterocycles. The molecule has 28 heavy (non-hydrogen) atoms. The molecule has 0 saturated carbocycles. The molecule has 1 aliphatic heterocycles. The highest BCUT2D eigenvalue weighted by molar-refractivity contribution is 6.04. The van der Waals surface area contributed by atoms with Gasteiger partial charge < -0.3 is 19.4 Å². The van der Waals surface area contributed by atoms with Crippen LogP contribution in [0.4, 0.5) is 10.1 Å². The number of hydrogen-bond donors (Lipinski definition) is 1. The van der Waals surface area contributed by atoms with E-state index in [4.69, 9.17) is 9.47 Å². The fraction of sp³-hybridized carbons (Fsp3) is 0.143. The molecule has 0 spiro atoms. The van der Waals surface area contributed by atoms with Gasteiger partial charge in [-0.15, -0.1) is 0 Å². The predicted molar refractivity (Wildman–Crippen MR) is 102 cm³/mol. The van der Waals surface area contributed by atoms with Crippen molar-refractivity contribution in [1.82, 2.24) is 4.57 Å². The summed E-state index contributed by atoms with van der Waals surface area (Å²) in [5.74, 6) is 0.301. The van der Waals surface area contributed by atoms with Crippen molar-refractivity contribution < 1.29 is 18.7 Å². The first kappa shape index (κ1) is 17.8. The van der Waals surface area contributed by atoms with Crippen molar-refractivity contribution in [3.63, 3.8) is 0 Å². The Balaban J connectivity index is 1.54. The molecule has 0 radical (unpaired) electrons. The van der Waals surface area contributed by atoms with Crippen LogP contribution in [0, 0.1) is 5.82 Å². The maximum absolute atomic E-state index is 13.0. The number of fused-ring (bicyclic) bond motifs is 1. The third-order valence-corrected chi connectivity index (χ3v) is 4.33. The number of halogens is 1. The van der Waals surface area contributed by atoms with Crippen LogP contribution in [-0.2, 0) is 6.54 Å². The zero-order valence-corrected chi connectivity index (χ0v) is 14.9. The number of nitrogens with zero attached hydrogens (tertiary/aromatic N) is 1. The molecule has 1 aromatic heterocycles. The first-order valence-electron chi connectivity index (χ1n) is 8.75. The van der Waals surface area contributed by atoms with Crippen LogP contribution in [0.3, 0.4) is 0 Å². The Morgan fingerprint density at radius 1 is 1.04 bits per heavy atom. The summed E-state index contributed by atoms with van der Waals surface area (Å²) in [6.45, 7) is 1.16. The van der Waals surface area contributed by atoms with E-state index >= 15 is 0 Å². The summed E-state index contributed by atoms with van der Waals surface area (Å²) in [4.78, 5) is 25.3. The van der Waals surface area contributed by atoms with Crippen molar-refractivity contribution in [3.8, 4) is 11.5 Å². The highest BCUT2D eigenvalue weighted by atomic mass is 19.1. The average Bonchev–Trinajstić information content (AvgIpc) is 2.71. The van der Waals surface area contributed by atoms with E-state index < -0.39 is 11.5 Å². The van der Waals surface area contributed by atoms with E-state index in [9.17, 15) is 14.0 Å². The van der Waals surface area contributed by atoms with Gasteiger partial charge in [0.15, 0.2) is 11.5 Å². The maximum Gasteiger partial charge on any atom is 0.263 e. The van der Waals surface area contributed by atoms with E-state index in [-0.39, 0.29) is 17.9 Å². The van der Waals surface area contributed by atoms with Crippen molar-refractivity contribution in [3.05, 3.63) is 88.1 Å². The fourth-order valence-corrected chi connectivity index (χ4v) is 2.94. The Morgan fingerprint density at radius 3 is 2.57 bits per heavy atom. The Morgan fingerprint density at radius 2 is 1.79 bits per heavy atom. The zero-order valence-electron chi connectivity index (χ0n) is 14.9. The Bertz CT molecular complexity index is 1080. The minimum Gasteiger partial charge on any atom is -0.486 e. The monoisotopic (exact) mass is 380 g/mol. The molecule has 2 aromatic carbocycles. The number of amides is 1. The van der Waals surface area contributed by atoms with Gasteiger partial charge in [-0.1, -0.05) is 12.1 Å². The quantitative estimate of drug-likeness (QED) is 0.755. The van der Waals surface area contributed by atoms with Crippen LogP contribution < -0.4 is 20.3 Å². The first-order valence-corrected chi connectivity index (χ1v) is 8.75. The van der Waals surface area contributed by atoms with Gasteiger partial charge in [-0.2, -0.15) is 0 Å². The van der Waals surface area contributed by atoms with Gasteiger partial charge in [0, 0.05) is 18.0 Å². The van der Waals surface area contributed by atoms with E-state index in [1.807, 2.05) is 0 Å². The van der Waals surface area contributed by atoms with E-state index in [1.165, 1.54) is 22.8 Å². The van der Waals surface area contributed by atoms with Gasteiger partial charge in [-0.3, -0.25) is 9.59 Å². The SMILES string of the molecule is O=C(Nc1ccc2c(c1)OCCO2)c1cccn(Cc2ccc(F)cc2)c1=O. The van der Waals surface area contributed by atoms with Gasteiger partial charge in [-0.25, -0.2) is 4.39 Å². The Labute approximate surface area is 160 Å². The number of ether oxygens (including phenoxy) is 2. The summed E-state index contributed by atoms with van der Waals surface area (Å²) in [6.07, 6.45) is 1.59. The molecule has 0 atom stereocenters. The van der Waals surface area contributed by atoms with Gasteiger partial charge in [0.25, 0.3) is 11.5 Å². The number of benzene rings is 2. The van der Waals surface area contributed by atoms with Crippen molar-refractivity contribution >= 4 is 11.6 Å². The molecule has 2 heterocycles. The number of nitrogens with one attached hydrogen (secondary N) is 1. The normalized spacial score (nSPS) is 12.5. The molecule has 0 unspecified atom stereocenters. The van der Waals surface area contributed by atoms with Crippen LogP contribution in [0.15, 0.2) is 65.6 Å². The predicted octanol–water partition coefficient (Wildman–Crippen LogP) is 3.06. The van der Waals surface area contributed by atoms with Crippen molar-refractivity contribution in [1.29, 1.82) is 0 Å². The number of carbonyl (C=O) groups excluding carboxylic acids is 1. The standard InChI is InChI=1S/C21H17FN2O4/c22-15-5-3-14(4-6-15)13-24-9-1-2-17(21(24)26)20(25)23-16-7-8-18-19(12-16)28-11-10-27-18/h1-9,12H,10-11,13H2,(H,23,25). The van der Waals surface area contributed by atoms with Crippen LogP contribution >= 0.6 is 0 Å². The van der Waals surface area contributed by atoms with Gasteiger partial charge in [0.05, 0.1) is 6.54 Å². The second-order valence-corrected chi connectivity index (χ2v) is 6.29. The summed E-state index contributed by atoms with van der Waals surface area (Å²) in [5, 5.41) is 2.71. The molecule has 0 bridgehead atoms. The molecule has 7 heteroatoms. The Hall–Kier alpha value is -3.61. The topological polar surface area (TPSA) is 69.6 Å². The lowest BCUT2D eigenvalue weighted by Gasteiger charge is -2.19. The zero-order chi connectivity index (χ0) is 19.5. The van der Waals surface area contributed by atoms with Crippen molar-refractivity contribution in [2.45, 2.75) is 6.54 Å². The summed E-state index contributed by atoms with van der Waals surface area (Å²) < 4.78 is 25.4. The Kier molecular flexibility index (Phi) is 4.80. The lowest BCUT2D eigenvalue weighted by atomic mass is 10.2. The third kappa shape index (κ3) is 3.73. The van der Waals surface area contributed by atoms with Crippen LogP contribution in [0.1, 0.15) is 15.9 Å². The van der Waals surface area contributed by atoms with Gasteiger partial charge in [0.2, 0.25) is 0 Å². The molecule has 4 rings (SSSR count). The summed E-state index contributed by atoms with van der Waals surface area (Å²) >= 11 is 0. The summed E-state index contributed by atoms with van der Waals surface area (Å²) in [5.41, 5.74) is 0.844. The second kappa shape index (κ2) is 7.56. The van der Waals surface area contributed by atoms with Crippen molar-refractivity contribution in [2.75, 3.05) is 18.5 Å². The number of hydrogen-bond acceptors (Lipinski definition) is 4. The summed E-state index contributed by atoms with van der Waals surface area (Å²) in [6, 6.07) is 14.0. The van der Waals surface area contributed by atoms with E-state index in [0.717, 1.165) is 5.56 Å². The molecule has 1 amide bonds. The van der Waals surface area contributed by atoms with Crippen LogP contribution in [-0.4, -0.2) is 23.7 Å². The first-order chi connectivity index (χ1) is 13.6. The average molecular weight is 380 g/mol. The van der Waals surface area contributed by atoms with E-state index in [0.29, 0.717) is 30.4 Å². The van der Waals surface area contributed by atoms with E-state index in [1.54, 1.807) is 42.6 Å². The second-order valence-electron chi connectivity index (χ2n) is 6.29. The van der Waals surface area contributed by atoms with Gasteiger partial charge >= 0.3 is 0 Å². The highest BCUT2D eigenvalue weighted by Crippen LogP contribution is 2.32. The maximum atomic E-state index is 13.0. The molecule has 6 nitrogen and oxygen atoms in total. The highest BCUT2D eigenvalue weighted by Gasteiger charge is 2.16. The lowest BCUT2D eigenvalue weighted by molar-refractivity contribution is 0.102. The largest absolute Gasteiger partial charge is 0.486 e. The number of aromatic nitrogens is 1. The van der Waals surface area contributed by atoms with Crippen LogP contribution in [0.25, 0.3) is 0 Å². The molecular formula is C21H17FN2O4.